The minimum atomic E-state index is -0.478. The van der Waals surface area contributed by atoms with Crippen LogP contribution in [0.1, 0.15) is 34.6 Å². The smallest absolute Gasteiger partial charge is 0.263 e. The Morgan fingerprint density at radius 1 is 1.03 bits per heavy atom. The van der Waals surface area contributed by atoms with Gasteiger partial charge in [0.1, 0.15) is 5.56 Å². The molecule has 7 heteroatoms. The van der Waals surface area contributed by atoms with E-state index in [1.165, 1.54) is 0 Å². The third-order valence-electron chi connectivity index (χ3n) is 5.88. The Kier molecular flexibility index (Phi) is 4.94. The minimum absolute atomic E-state index is 0.122. The summed E-state index contributed by atoms with van der Waals surface area (Å²) >= 11 is 0. The number of nitrogen functional groups attached to an aromatic ring is 1. The molecule has 5 rings (SSSR count). The third kappa shape index (κ3) is 3.43. The highest BCUT2D eigenvalue weighted by Crippen LogP contribution is 2.24. The summed E-state index contributed by atoms with van der Waals surface area (Å²) in [4.78, 5) is 26.9. The van der Waals surface area contributed by atoms with Crippen LogP contribution in [0.5, 0.6) is 0 Å². The van der Waals surface area contributed by atoms with E-state index in [-0.39, 0.29) is 17.3 Å². The Morgan fingerprint density at radius 2 is 1.79 bits per heavy atom. The van der Waals surface area contributed by atoms with Gasteiger partial charge in [0.05, 0.1) is 16.9 Å². The highest BCUT2D eigenvalue weighted by Gasteiger charge is 2.23. The summed E-state index contributed by atoms with van der Waals surface area (Å²) in [6.07, 6.45) is 1.74. The highest BCUT2D eigenvalue weighted by molar-refractivity contribution is 6.05. The number of carbonyl (C=O) groups is 1. The number of nitrogens with zero attached hydrogens (tertiary/aromatic N) is 3. The fourth-order valence-electron chi connectivity index (χ4n) is 4.31. The third-order valence-corrected chi connectivity index (χ3v) is 5.88. The lowest BCUT2D eigenvalue weighted by Gasteiger charge is -2.21. The molecule has 0 spiro atoms. The molecule has 0 saturated carbocycles. The molecule has 0 bridgehead atoms. The van der Waals surface area contributed by atoms with Crippen molar-refractivity contribution in [2.45, 2.75) is 19.9 Å². The number of nitrogens with two attached hydrogens (primary N) is 1. The predicted octanol–water partition coefficient (Wildman–Crippen LogP) is 4.02. The second-order valence-electron chi connectivity index (χ2n) is 8.07. The predicted molar refractivity (Wildman–Crippen MR) is 130 cm³/mol. The second-order valence-corrected chi connectivity index (χ2v) is 8.07. The zero-order valence-corrected chi connectivity index (χ0v) is 18.3. The second kappa shape index (κ2) is 7.94. The number of hydrogen-bond acceptors (Lipinski definition) is 4. The molecule has 164 valence electrons. The van der Waals surface area contributed by atoms with Crippen LogP contribution >= 0.6 is 0 Å². The van der Waals surface area contributed by atoms with Gasteiger partial charge in [0.25, 0.3) is 11.5 Å². The molecule has 0 saturated heterocycles. The number of para-hydroxylation sites is 1. The fourth-order valence-corrected chi connectivity index (χ4v) is 4.31. The van der Waals surface area contributed by atoms with Crippen molar-refractivity contribution < 1.29 is 4.79 Å². The van der Waals surface area contributed by atoms with Crippen LogP contribution < -0.4 is 16.6 Å². The van der Waals surface area contributed by atoms with Crippen molar-refractivity contribution in [2.24, 2.45) is 0 Å². The molecule has 7 nitrogen and oxygen atoms in total. The zero-order valence-electron chi connectivity index (χ0n) is 18.3. The van der Waals surface area contributed by atoms with Gasteiger partial charge in [0.2, 0.25) is 0 Å². The quantitative estimate of drug-likeness (QED) is 0.444. The molecular formula is C26H23N5O2. The molecule has 3 aromatic heterocycles. The van der Waals surface area contributed by atoms with Crippen molar-refractivity contribution in [1.82, 2.24) is 19.5 Å². The van der Waals surface area contributed by atoms with Crippen LogP contribution in [0.15, 0.2) is 83.8 Å². The summed E-state index contributed by atoms with van der Waals surface area (Å²) < 4.78 is 3.24. The Balaban J connectivity index is 1.64. The first kappa shape index (κ1) is 20.5. The number of amides is 1. The number of benzene rings is 2. The Bertz CT molecular complexity index is 1570. The number of rotatable bonds is 4. The molecule has 0 aliphatic carbocycles. The number of fused-ring (bicyclic) bond motifs is 2. The van der Waals surface area contributed by atoms with Crippen molar-refractivity contribution in [3.63, 3.8) is 0 Å². The van der Waals surface area contributed by atoms with Crippen LogP contribution in [0.25, 0.3) is 22.0 Å². The molecule has 0 aliphatic rings. The molecule has 3 heterocycles. The van der Waals surface area contributed by atoms with E-state index in [0.717, 1.165) is 16.6 Å². The average molecular weight is 438 g/mol. The number of carbonyl (C=O) groups excluding carboxylic acids is 1. The lowest BCUT2D eigenvalue weighted by Crippen LogP contribution is -2.32. The van der Waals surface area contributed by atoms with Crippen molar-refractivity contribution in [1.29, 1.82) is 0 Å². The van der Waals surface area contributed by atoms with Gasteiger partial charge in [0.15, 0.2) is 5.82 Å². The first-order valence-electron chi connectivity index (χ1n) is 10.7. The Morgan fingerprint density at radius 3 is 2.58 bits per heavy atom. The van der Waals surface area contributed by atoms with Crippen LogP contribution in [0.2, 0.25) is 0 Å². The van der Waals surface area contributed by atoms with E-state index in [9.17, 15) is 9.59 Å². The number of aromatic nitrogens is 3. The van der Waals surface area contributed by atoms with E-state index in [1.807, 2.05) is 80.6 Å². The molecule has 0 fully saturated rings. The minimum Gasteiger partial charge on any atom is -0.382 e. The topological polar surface area (TPSA) is 94.4 Å². The molecule has 0 unspecified atom stereocenters. The van der Waals surface area contributed by atoms with Gasteiger partial charge in [-0.2, -0.15) is 0 Å². The first-order chi connectivity index (χ1) is 16.0. The van der Waals surface area contributed by atoms with Crippen LogP contribution in [0, 0.1) is 6.92 Å². The first-order valence-corrected chi connectivity index (χ1v) is 10.7. The standard InChI is InChI=1S/C26H23N5O2/c1-16-9-8-10-18-15-21(31(26(33)22(16)18)19-11-4-3-5-12-19)17(2)28-25(32)23-20-13-6-7-14-30(20)29-24(23)27/h3-15,17H,1-2H3,(H2,27,29)(H,28,32)/t17-/m0/s1. The molecule has 0 radical (unpaired) electrons. The molecule has 1 amide bonds. The van der Waals surface area contributed by atoms with Gasteiger partial charge in [-0.25, -0.2) is 4.52 Å². The van der Waals surface area contributed by atoms with Crippen molar-refractivity contribution in [2.75, 3.05) is 5.73 Å². The molecule has 5 aromatic rings. The lowest BCUT2D eigenvalue weighted by molar-refractivity contribution is 0.0941. The molecule has 3 N–H and O–H groups in total. The highest BCUT2D eigenvalue weighted by atomic mass is 16.2. The maximum atomic E-state index is 13.6. The van der Waals surface area contributed by atoms with E-state index in [0.29, 0.717) is 22.2 Å². The Labute approximate surface area is 190 Å². The number of aryl methyl sites for hydroxylation is 1. The van der Waals surface area contributed by atoms with E-state index in [1.54, 1.807) is 21.3 Å². The van der Waals surface area contributed by atoms with Gasteiger partial charge in [0, 0.05) is 17.6 Å². The summed E-state index contributed by atoms with van der Waals surface area (Å²) in [6.45, 7) is 3.79. The van der Waals surface area contributed by atoms with Crippen molar-refractivity contribution >= 4 is 28.0 Å². The van der Waals surface area contributed by atoms with E-state index in [2.05, 4.69) is 10.4 Å². The van der Waals surface area contributed by atoms with Crippen LogP contribution in [0.4, 0.5) is 5.82 Å². The molecule has 2 aromatic carbocycles. The van der Waals surface area contributed by atoms with Gasteiger partial charge in [-0.1, -0.05) is 42.5 Å². The monoisotopic (exact) mass is 437 g/mol. The fraction of sp³-hybridized carbons (Fsp3) is 0.115. The summed E-state index contributed by atoms with van der Waals surface area (Å²) in [5.74, 6) is -0.196. The van der Waals surface area contributed by atoms with Gasteiger partial charge in [-0.3, -0.25) is 14.2 Å². The van der Waals surface area contributed by atoms with Crippen LogP contribution in [0.3, 0.4) is 0 Å². The summed E-state index contributed by atoms with van der Waals surface area (Å²) in [5, 5.41) is 8.73. The molecule has 0 aliphatic heterocycles. The van der Waals surface area contributed by atoms with Crippen molar-refractivity contribution in [3.05, 3.63) is 106 Å². The van der Waals surface area contributed by atoms with E-state index >= 15 is 0 Å². The van der Waals surface area contributed by atoms with E-state index < -0.39 is 6.04 Å². The summed E-state index contributed by atoms with van der Waals surface area (Å²) in [7, 11) is 0. The van der Waals surface area contributed by atoms with Gasteiger partial charge < -0.3 is 11.1 Å². The summed E-state index contributed by atoms with van der Waals surface area (Å²) in [5.41, 5.74) is 9.18. The largest absolute Gasteiger partial charge is 0.382 e. The molecule has 1 atom stereocenters. The number of pyridine rings is 2. The maximum absolute atomic E-state index is 13.6. The van der Waals surface area contributed by atoms with E-state index in [4.69, 9.17) is 5.73 Å². The number of anilines is 1. The van der Waals surface area contributed by atoms with Gasteiger partial charge in [-0.15, -0.1) is 5.10 Å². The summed E-state index contributed by atoms with van der Waals surface area (Å²) in [6, 6.07) is 22.1. The van der Waals surface area contributed by atoms with Crippen LogP contribution in [-0.2, 0) is 0 Å². The van der Waals surface area contributed by atoms with Crippen LogP contribution in [-0.4, -0.2) is 20.1 Å². The SMILES string of the molecule is Cc1cccc2cc([C@H](C)NC(=O)c3c(N)nn4ccccc34)n(-c3ccccc3)c(=O)c12. The zero-order chi connectivity index (χ0) is 23.1. The van der Waals surface area contributed by atoms with Crippen molar-refractivity contribution in [3.8, 4) is 5.69 Å². The number of nitrogens with one attached hydrogen (secondary N) is 1. The lowest BCUT2D eigenvalue weighted by atomic mass is 10.0. The molecule has 33 heavy (non-hydrogen) atoms. The number of hydrogen-bond donors (Lipinski definition) is 2. The Hall–Kier alpha value is -4.39. The molecular weight excluding hydrogens is 414 g/mol. The normalized spacial score (nSPS) is 12.2. The average Bonchev–Trinajstić information content (AvgIpc) is 3.15. The van der Waals surface area contributed by atoms with Gasteiger partial charge in [-0.05, 0) is 55.1 Å². The van der Waals surface area contributed by atoms with Gasteiger partial charge >= 0.3 is 0 Å². The maximum Gasteiger partial charge on any atom is 0.263 e.